The summed E-state index contributed by atoms with van der Waals surface area (Å²) in [6, 6.07) is 16.4. The Bertz CT molecular complexity index is 1140. The van der Waals surface area contributed by atoms with E-state index in [2.05, 4.69) is 25.5 Å². The highest BCUT2D eigenvalue weighted by molar-refractivity contribution is 7.99. The summed E-state index contributed by atoms with van der Waals surface area (Å²) in [7, 11) is 0. The summed E-state index contributed by atoms with van der Waals surface area (Å²) in [6.07, 6.45) is 3.36. The molecule has 0 saturated heterocycles. The molecule has 164 valence electrons. The van der Waals surface area contributed by atoms with Crippen LogP contribution in [-0.2, 0) is 4.79 Å². The molecule has 0 bridgehead atoms. The second-order valence-electron chi connectivity index (χ2n) is 6.13. The van der Waals surface area contributed by atoms with Gasteiger partial charge in [0, 0.05) is 29.7 Å². The van der Waals surface area contributed by atoms with Crippen LogP contribution in [0.1, 0.15) is 13.8 Å². The second kappa shape index (κ2) is 11.6. The number of carbonyl (C=O) groups is 1. The van der Waals surface area contributed by atoms with Gasteiger partial charge in [-0.3, -0.25) is 14.9 Å². The molecule has 9 heteroatoms. The molecule has 32 heavy (non-hydrogen) atoms. The van der Waals surface area contributed by atoms with Crippen molar-refractivity contribution < 1.29 is 13.9 Å². The van der Waals surface area contributed by atoms with E-state index in [1.807, 2.05) is 26.0 Å². The van der Waals surface area contributed by atoms with Gasteiger partial charge in [-0.05, 0) is 48.5 Å². The van der Waals surface area contributed by atoms with Crippen LogP contribution in [0.5, 0.6) is 11.5 Å². The predicted octanol–water partition coefficient (Wildman–Crippen LogP) is 5.56. The van der Waals surface area contributed by atoms with Gasteiger partial charge in [0.15, 0.2) is 5.82 Å². The molecule has 0 aliphatic rings. The van der Waals surface area contributed by atoms with Crippen LogP contribution in [0.25, 0.3) is 11.4 Å². The fourth-order valence-corrected chi connectivity index (χ4v) is 3.14. The summed E-state index contributed by atoms with van der Waals surface area (Å²) in [5.41, 5.74) is 1.44. The van der Waals surface area contributed by atoms with Gasteiger partial charge >= 0.3 is 0 Å². The van der Waals surface area contributed by atoms with Crippen LogP contribution < -0.4 is 10.1 Å². The minimum absolute atomic E-state index is 0.159. The van der Waals surface area contributed by atoms with Gasteiger partial charge in [-0.15, -0.1) is 5.10 Å². The number of ether oxygens (including phenoxy) is 1. The van der Waals surface area contributed by atoms with Gasteiger partial charge in [-0.25, -0.2) is 9.37 Å². The number of hydrogen-bond donors (Lipinski definition) is 2. The van der Waals surface area contributed by atoms with E-state index >= 15 is 0 Å². The Kier molecular flexibility index (Phi) is 8.33. The Morgan fingerprint density at radius 2 is 1.91 bits per heavy atom. The maximum Gasteiger partial charge on any atom is 0.234 e. The van der Waals surface area contributed by atoms with E-state index in [-0.39, 0.29) is 17.5 Å². The standard InChI is InChI=1S/C21H16FN5O2S.C2H6/c22-15-4-1-5-18(11-15)29-17-8-6-16(7-9-17)24-19(28)13-30-21-25-20(26-27-21)14-3-2-10-23-12-14;1-2/h1-12H,13H2,(H,24,28)(H,25,26,27);1-2H3. The van der Waals surface area contributed by atoms with Gasteiger partial charge in [-0.1, -0.05) is 31.7 Å². The first kappa shape index (κ1) is 23.0. The fraction of sp³-hybridized carbons (Fsp3) is 0.130. The molecule has 2 aromatic heterocycles. The van der Waals surface area contributed by atoms with Crippen molar-refractivity contribution in [3.05, 3.63) is 78.9 Å². The molecule has 4 aromatic rings. The molecule has 0 aliphatic carbocycles. The van der Waals surface area contributed by atoms with Crippen LogP contribution >= 0.6 is 11.8 Å². The van der Waals surface area contributed by atoms with Gasteiger partial charge in [-0.2, -0.15) is 0 Å². The van der Waals surface area contributed by atoms with E-state index < -0.39 is 0 Å². The summed E-state index contributed by atoms with van der Waals surface area (Å²) in [4.78, 5) is 20.6. The summed E-state index contributed by atoms with van der Waals surface area (Å²) in [5.74, 6) is 1.14. The Balaban J connectivity index is 0.00000141. The fourth-order valence-electron chi connectivity index (χ4n) is 2.54. The third-order valence-electron chi connectivity index (χ3n) is 3.90. The zero-order valence-corrected chi connectivity index (χ0v) is 18.4. The summed E-state index contributed by atoms with van der Waals surface area (Å²) < 4.78 is 18.8. The zero-order valence-electron chi connectivity index (χ0n) is 17.6. The third kappa shape index (κ3) is 6.64. The van der Waals surface area contributed by atoms with Crippen LogP contribution in [0.15, 0.2) is 78.2 Å². The van der Waals surface area contributed by atoms with Crippen molar-refractivity contribution in [1.82, 2.24) is 20.2 Å². The lowest BCUT2D eigenvalue weighted by molar-refractivity contribution is -0.113. The van der Waals surface area contributed by atoms with Crippen LogP contribution in [0, 0.1) is 5.82 Å². The van der Waals surface area contributed by atoms with Crippen molar-refractivity contribution in [2.75, 3.05) is 11.1 Å². The molecule has 7 nitrogen and oxygen atoms in total. The smallest absolute Gasteiger partial charge is 0.234 e. The maximum absolute atomic E-state index is 13.2. The maximum atomic E-state index is 13.2. The number of amides is 1. The lowest BCUT2D eigenvalue weighted by atomic mass is 10.3. The van der Waals surface area contributed by atoms with Crippen LogP contribution in [-0.4, -0.2) is 31.8 Å². The molecule has 0 atom stereocenters. The van der Waals surface area contributed by atoms with Crippen LogP contribution in [0.2, 0.25) is 0 Å². The lowest BCUT2D eigenvalue weighted by Crippen LogP contribution is -2.14. The van der Waals surface area contributed by atoms with Gasteiger partial charge in [0.25, 0.3) is 0 Å². The molecular weight excluding hydrogens is 429 g/mol. The second-order valence-corrected chi connectivity index (χ2v) is 7.07. The molecule has 4 rings (SSSR count). The average Bonchev–Trinajstić information content (AvgIpc) is 3.30. The van der Waals surface area contributed by atoms with Crippen molar-refractivity contribution in [2.24, 2.45) is 0 Å². The topological polar surface area (TPSA) is 92.8 Å². The summed E-state index contributed by atoms with van der Waals surface area (Å²) in [5, 5.41) is 10.2. The number of benzene rings is 2. The van der Waals surface area contributed by atoms with E-state index in [1.54, 1.807) is 48.8 Å². The number of halogens is 1. The van der Waals surface area contributed by atoms with Crippen molar-refractivity contribution in [3.63, 3.8) is 0 Å². The Morgan fingerprint density at radius 3 is 2.62 bits per heavy atom. The Morgan fingerprint density at radius 1 is 1.09 bits per heavy atom. The predicted molar refractivity (Wildman–Crippen MR) is 123 cm³/mol. The first-order valence-corrected chi connectivity index (χ1v) is 10.9. The lowest BCUT2D eigenvalue weighted by Gasteiger charge is -2.08. The monoisotopic (exact) mass is 451 g/mol. The van der Waals surface area contributed by atoms with Crippen molar-refractivity contribution in [2.45, 2.75) is 19.0 Å². The first-order chi connectivity index (χ1) is 15.7. The molecule has 2 N–H and O–H groups in total. The highest BCUT2D eigenvalue weighted by Gasteiger charge is 2.09. The number of aromatic amines is 1. The van der Waals surface area contributed by atoms with E-state index in [0.717, 1.165) is 5.56 Å². The molecular formula is C23H22FN5O2S. The number of pyridine rings is 1. The largest absolute Gasteiger partial charge is 0.457 e. The SMILES string of the molecule is CC.O=C(CSc1n[nH]c(-c2cccnc2)n1)Nc1ccc(Oc2cccc(F)c2)cc1. The molecule has 0 aliphatic heterocycles. The number of aromatic nitrogens is 4. The average molecular weight is 452 g/mol. The van der Waals surface area contributed by atoms with E-state index in [0.29, 0.717) is 28.2 Å². The molecule has 0 fully saturated rings. The van der Waals surface area contributed by atoms with E-state index in [1.165, 1.54) is 23.9 Å². The summed E-state index contributed by atoms with van der Waals surface area (Å²) in [6.45, 7) is 4.00. The van der Waals surface area contributed by atoms with E-state index in [4.69, 9.17) is 4.74 Å². The van der Waals surface area contributed by atoms with Crippen molar-refractivity contribution in [1.29, 1.82) is 0 Å². The Labute approximate surface area is 189 Å². The molecule has 0 unspecified atom stereocenters. The number of thioether (sulfide) groups is 1. The van der Waals surface area contributed by atoms with Crippen LogP contribution in [0.4, 0.5) is 10.1 Å². The van der Waals surface area contributed by atoms with Crippen molar-refractivity contribution in [3.8, 4) is 22.9 Å². The van der Waals surface area contributed by atoms with Gasteiger partial charge in [0.2, 0.25) is 11.1 Å². The molecule has 2 aromatic carbocycles. The number of carbonyl (C=O) groups excluding carboxylic acids is 1. The van der Waals surface area contributed by atoms with Crippen molar-refractivity contribution >= 4 is 23.4 Å². The molecule has 0 radical (unpaired) electrons. The molecule has 1 amide bonds. The van der Waals surface area contributed by atoms with Gasteiger partial charge in [0.05, 0.1) is 5.75 Å². The minimum atomic E-state index is -0.368. The number of nitrogens with one attached hydrogen (secondary N) is 2. The zero-order chi connectivity index (χ0) is 22.8. The third-order valence-corrected chi connectivity index (χ3v) is 4.75. The first-order valence-electron chi connectivity index (χ1n) is 9.95. The number of anilines is 1. The Hall–Kier alpha value is -3.72. The van der Waals surface area contributed by atoms with Gasteiger partial charge < -0.3 is 10.1 Å². The quantitative estimate of drug-likeness (QED) is 0.358. The number of rotatable bonds is 7. The summed E-state index contributed by atoms with van der Waals surface area (Å²) >= 11 is 1.22. The number of nitrogens with zero attached hydrogens (tertiary/aromatic N) is 3. The van der Waals surface area contributed by atoms with E-state index in [9.17, 15) is 9.18 Å². The molecule has 0 spiro atoms. The molecule has 2 heterocycles. The minimum Gasteiger partial charge on any atom is -0.457 e. The number of H-pyrrole nitrogens is 1. The number of hydrogen-bond acceptors (Lipinski definition) is 6. The van der Waals surface area contributed by atoms with Gasteiger partial charge in [0.1, 0.15) is 17.3 Å². The normalized spacial score (nSPS) is 10.1. The molecule has 0 saturated carbocycles. The highest BCUT2D eigenvalue weighted by Crippen LogP contribution is 2.24. The highest BCUT2D eigenvalue weighted by atomic mass is 32.2. The van der Waals surface area contributed by atoms with Crippen LogP contribution in [0.3, 0.4) is 0 Å².